The molecule has 0 aliphatic heterocycles. The number of ether oxygens (including phenoxy) is 3. The third-order valence-electron chi connectivity index (χ3n) is 3.51. The Morgan fingerprint density at radius 2 is 1.96 bits per heavy atom. The van der Waals surface area contributed by atoms with E-state index in [9.17, 15) is 4.79 Å². The molecule has 1 heterocycles. The summed E-state index contributed by atoms with van der Waals surface area (Å²) in [4.78, 5) is 16.7. The number of rotatable bonds is 9. The highest BCUT2D eigenvalue weighted by Gasteiger charge is 2.11. The van der Waals surface area contributed by atoms with Crippen molar-refractivity contribution in [1.82, 2.24) is 4.98 Å². The molecule has 0 unspecified atom stereocenters. The van der Waals surface area contributed by atoms with Crippen LogP contribution in [-0.2, 0) is 4.74 Å². The van der Waals surface area contributed by atoms with Crippen molar-refractivity contribution in [3.63, 3.8) is 0 Å². The summed E-state index contributed by atoms with van der Waals surface area (Å²) >= 11 is 0. The third kappa shape index (κ3) is 5.36. The predicted octanol–water partition coefficient (Wildman–Crippen LogP) is 2.80. The SMILES string of the molecule is COCCCNc1ccc(C(=O)Nc2cc(OC)ccc2OC)cn1. The van der Waals surface area contributed by atoms with Crippen molar-refractivity contribution in [2.45, 2.75) is 6.42 Å². The molecule has 2 rings (SSSR count). The lowest BCUT2D eigenvalue weighted by Gasteiger charge is -2.12. The van der Waals surface area contributed by atoms with Gasteiger partial charge in [0.1, 0.15) is 17.3 Å². The lowest BCUT2D eigenvalue weighted by molar-refractivity contribution is 0.102. The van der Waals surface area contributed by atoms with Gasteiger partial charge in [0.15, 0.2) is 0 Å². The number of carbonyl (C=O) groups is 1. The summed E-state index contributed by atoms with van der Waals surface area (Å²) in [6.45, 7) is 1.45. The van der Waals surface area contributed by atoms with Crippen molar-refractivity contribution < 1.29 is 19.0 Å². The van der Waals surface area contributed by atoms with Crippen LogP contribution in [-0.4, -0.2) is 45.4 Å². The summed E-state index contributed by atoms with van der Waals surface area (Å²) in [7, 11) is 4.78. The summed E-state index contributed by atoms with van der Waals surface area (Å²) < 4.78 is 15.4. The number of pyridine rings is 1. The fraction of sp³-hybridized carbons (Fsp3) is 0.333. The van der Waals surface area contributed by atoms with E-state index in [4.69, 9.17) is 14.2 Å². The van der Waals surface area contributed by atoms with Crippen LogP contribution in [0.15, 0.2) is 36.5 Å². The first kappa shape index (κ1) is 18.5. The molecule has 0 saturated heterocycles. The molecule has 2 aromatic rings. The molecule has 0 saturated carbocycles. The largest absolute Gasteiger partial charge is 0.497 e. The number of anilines is 2. The highest BCUT2D eigenvalue weighted by molar-refractivity contribution is 6.05. The second-order valence-electron chi connectivity index (χ2n) is 5.23. The first-order chi connectivity index (χ1) is 12.2. The predicted molar refractivity (Wildman–Crippen MR) is 96.7 cm³/mol. The summed E-state index contributed by atoms with van der Waals surface area (Å²) in [5.41, 5.74) is 0.987. The molecule has 0 spiro atoms. The van der Waals surface area contributed by atoms with E-state index in [1.165, 1.54) is 6.20 Å². The van der Waals surface area contributed by atoms with Crippen molar-refractivity contribution in [2.24, 2.45) is 0 Å². The molecular weight excluding hydrogens is 322 g/mol. The van der Waals surface area contributed by atoms with E-state index < -0.39 is 0 Å². The number of nitrogens with one attached hydrogen (secondary N) is 2. The van der Waals surface area contributed by atoms with Crippen molar-refractivity contribution in [1.29, 1.82) is 0 Å². The van der Waals surface area contributed by atoms with E-state index >= 15 is 0 Å². The topological polar surface area (TPSA) is 81.7 Å². The Labute approximate surface area is 147 Å². The van der Waals surface area contributed by atoms with Gasteiger partial charge >= 0.3 is 0 Å². The Hall–Kier alpha value is -2.80. The van der Waals surface area contributed by atoms with Crippen molar-refractivity contribution >= 4 is 17.4 Å². The normalized spacial score (nSPS) is 10.2. The van der Waals surface area contributed by atoms with Gasteiger partial charge in [-0.2, -0.15) is 0 Å². The number of carbonyl (C=O) groups excluding carboxylic acids is 1. The van der Waals surface area contributed by atoms with E-state index in [0.29, 0.717) is 35.2 Å². The van der Waals surface area contributed by atoms with E-state index in [2.05, 4.69) is 15.6 Å². The minimum Gasteiger partial charge on any atom is -0.497 e. The Morgan fingerprint density at radius 1 is 1.12 bits per heavy atom. The molecule has 7 nitrogen and oxygen atoms in total. The highest BCUT2D eigenvalue weighted by atomic mass is 16.5. The number of nitrogens with zero attached hydrogens (tertiary/aromatic N) is 1. The molecule has 1 aromatic carbocycles. The number of amides is 1. The van der Waals surface area contributed by atoms with Crippen LogP contribution in [0, 0.1) is 0 Å². The van der Waals surface area contributed by atoms with Crippen LogP contribution in [0.4, 0.5) is 11.5 Å². The van der Waals surface area contributed by atoms with Gasteiger partial charge in [-0.15, -0.1) is 0 Å². The molecule has 0 atom stereocenters. The van der Waals surface area contributed by atoms with Crippen molar-refractivity contribution in [2.75, 3.05) is 45.1 Å². The van der Waals surface area contributed by atoms with Crippen LogP contribution in [0.1, 0.15) is 16.8 Å². The van der Waals surface area contributed by atoms with Crippen LogP contribution in [0.5, 0.6) is 11.5 Å². The van der Waals surface area contributed by atoms with E-state index in [1.807, 2.05) is 0 Å². The third-order valence-corrected chi connectivity index (χ3v) is 3.51. The number of hydrogen-bond donors (Lipinski definition) is 2. The van der Waals surface area contributed by atoms with E-state index in [-0.39, 0.29) is 5.91 Å². The molecule has 1 amide bonds. The smallest absolute Gasteiger partial charge is 0.257 e. The molecule has 25 heavy (non-hydrogen) atoms. The summed E-state index contributed by atoms with van der Waals surface area (Å²) in [5.74, 6) is 1.62. The Kier molecular flexibility index (Phi) is 7.03. The van der Waals surface area contributed by atoms with E-state index in [0.717, 1.165) is 13.0 Å². The zero-order valence-electron chi connectivity index (χ0n) is 14.7. The quantitative estimate of drug-likeness (QED) is 0.680. The number of benzene rings is 1. The van der Waals surface area contributed by atoms with Crippen LogP contribution in [0.3, 0.4) is 0 Å². The number of hydrogen-bond acceptors (Lipinski definition) is 6. The van der Waals surface area contributed by atoms with Crippen LogP contribution in [0.25, 0.3) is 0 Å². The van der Waals surface area contributed by atoms with Gasteiger partial charge in [0.25, 0.3) is 5.91 Å². The maximum atomic E-state index is 12.4. The van der Waals surface area contributed by atoms with Gasteiger partial charge in [-0.3, -0.25) is 4.79 Å². The standard InChI is InChI=1S/C18H23N3O4/c1-23-10-4-9-19-17-8-5-13(12-20-17)18(22)21-15-11-14(24-2)6-7-16(15)25-3/h5-8,11-12H,4,9-10H2,1-3H3,(H,19,20)(H,21,22). The average Bonchev–Trinajstić information content (AvgIpc) is 2.65. The minimum atomic E-state index is -0.273. The van der Waals surface area contributed by atoms with Gasteiger partial charge in [0, 0.05) is 32.5 Å². The molecule has 7 heteroatoms. The molecule has 0 aliphatic rings. The Bertz CT molecular complexity index is 689. The second-order valence-corrected chi connectivity index (χ2v) is 5.23. The summed E-state index contributed by atoms with van der Waals surface area (Å²) in [6.07, 6.45) is 2.41. The van der Waals surface area contributed by atoms with Gasteiger partial charge < -0.3 is 24.8 Å². The maximum absolute atomic E-state index is 12.4. The van der Waals surface area contributed by atoms with Crippen molar-refractivity contribution in [3.05, 3.63) is 42.1 Å². The van der Waals surface area contributed by atoms with Crippen molar-refractivity contribution in [3.8, 4) is 11.5 Å². The first-order valence-electron chi connectivity index (χ1n) is 7.90. The molecular formula is C18H23N3O4. The molecule has 1 aromatic heterocycles. The second kappa shape index (κ2) is 9.48. The first-order valence-corrected chi connectivity index (χ1v) is 7.90. The lowest BCUT2D eigenvalue weighted by atomic mass is 10.2. The molecule has 0 bridgehead atoms. The molecule has 0 fully saturated rings. The van der Waals surface area contributed by atoms with Gasteiger partial charge in [-0.25, -0.2) is 4.98 Å². The van der Waals surface area contributed by atoms with Crippen LogP contribution < -0.4 is 20.1 Å². The zero-order chi connectivity index (χ0) is 18.1. The fourth-order valence-corrected chi connectivity index (χ4v) is 2.17. The van der Waals surface area contributed by atoms with Gasteiger partial charge in [0.05, 0.1) is 25.5 Å². The van der Waals surface area contributed by atoms with Crippen LogP contribution in [0.2, 0.25) is 0 Å². The zero-order valence-corrected chi connectivity index (χ0v) is 14.7. The fourth-order valence-electron chi connectivity index (χ4n) is 2.17. The Balaban J connectivity index is 2.01. The van der Waals surface area contributed by atoms with Gasteiger partial charge in [-0.05, 0) is 30.7 Å². The molecule has 2 N–H and O–H groups in total. The van der Waals surface area contributed by atoms with Crippen LogP contribution >= 0.6 is 0 Å². The van der Waals surface area contributed by atoms with Gasteiger partial charge in [-0.1, -0.05) is 0 Å². The molecule has 134 valence electrons. The average molecular weight is 345 g/mol. The molecule has 0 aliphatic carbocycles. The highest BCUT2D eigenvalue weighted by Crippen LogP contribution is 2.29. The molecule has 0 radical (unpaired) electrons. The lowest BCUT2D eigenvalue weighted by Crippen LogP contribution is -2.13. The summed E-state index contributed by atoms with van der Waals surface area (Å²) in [5, 5.41) is 5.98. The maximum Gasteiger partial charge on any atom is 0.257 e. The van der Waals surface area contributed by atoms with Gasteiger partial charge in [0.2, 0.25) is 0 Å². The van der Waals surface area contributed by atoms with E-state index in [1.54, 1.807) is 51.7 Å². The summed E-state index contributed by atoms with van der Waals surface area (Å²) in [6, 6.07) is 8.69. The number of aromatic nitrogens is 1. The monoisotopic (exact) mass is 345 g/mol. The minimum absolute atomic E-state index is 0.273. The Morgan fingerprint density at radius 3 is 2.60 bits per heavy atom. The number of methoxy groups -OCH3 is 3.